The van der Waals surface area contributed by atoms with Gasteiger partial charge in [0.25, 0.3) is 11.6 Å². The van der Waals surface area contributed by atoms with Crippen molar-refractivity contribution in [2.24, 2.45) is 0 Å². The van der Waals surface area contributed by atoms with Gasteiger partial charge in [0.2, 0.25) is 0 Å². The summed E-state index contributed by atoms with van der Waals surface area (Å²) in [7, 11) is 0. The fourth-order valence-electron chi connectivity index (χ4n) is 2.13. The van der Waals surface area contributed by atoms with Crippen molar-refractivity contribution in [2.45, 2.75) is 13.0 Å². The van der Waals surface area contributed by atoms with E-state index in [1.165, 1.54) is 4.90 Å². The molecule has 0 bridgehead atoms. The van der Waals surface area contributed by atoms with Gasteiger partial charge in [-0.1, -0.05) is 0 Å². The van der Waals surface area contributed by atoms with Crippen molar-refractivity contribution < 1.29 is 14.1 Å². The Hall–Kier alpha value is -1.73. The molecule has 20 heavy (non-hydrogen) atoms. The second-order valence-electron chi connectivity index (χ2n) is 4.52. The predicted molar refractivity (Wildman–Crippen MR) is 73.7 cm³/mol. The molecule has 1 saturated heterocycles. The summed E-state index contributed by atoms with van der Waals surface area (Å²) < 4.78 is 13.2. The number of halogens is 2. The van der Waals surface area contributed by atoms with Gasteiger partial charge in [0.15, 0.2) is 0 Å². The molecule has 0 spiro atoms. The number of nitrogens with zero attached hydrogens (tertiary/aromatic N) is 2. The van der Waals surface area contributed by atoms with Crippen LogP contribution in [0.25, 0.3) is 0 Å². The standard InChI is InChI=1S/C12H14FN3O3.ClH/c1-8-7-15(5-4-14-8)12(17)10-6-9(13)2-3-11(10)16(18)19;/h2-3,6,8,14H,4-5,7H2,1H3;1H. The number of nitrogens with one attached hydrogen (secondary N) is 1. The molecule has 2 rings (SSSR count). The average Bonchev–Trinajstić information content (AvgIpc) is 2.37. The van der Waals surface area contributed by atoms with Gasteiger partial charge in [-0.3, -0.25) is 14.9 Å². The molecule has 0 aliphatic carbocycles. The maximum atomic E-state index is 13.2. The normalized spacial score (nSPS) is 18.3. The van der Waals surface area contributed by atoms with Gasteiger partial charge in [0.1, 0.15) is 11.4 Å². The molecule has 1 heterocycles. The lowest BCUT2D eigenvalue weighted by atomic mass is 10.1. The highest BCUT2D eigenvalue weighted by molar-refractivity contribution is 5.98. The Labute approximate surface area is 121 Å². The first kappa shape index (κ1) is 16.3. The highest BCUT2D eigenvalue weighted by Crippen LogP contribution is 2.21. The quantitative estimate of drug-likeness (QED) is 0.665. The number of carbonyl (C=O) groups excluding carboxylic acids is 1. The van der Waals surface area contributed by atoms with Gasteiger partial charge in [-0.25, -0.2) is 4.39 Å². The molecule has 1 unspecified atom stereocenters. The molecular formula is C12H15ClFN3O3. The second kappa shape index (κ2) is 6.62. The minimum absolute atomic E-state index is 0. The van der Waals surface area contributed by atoms with E-state index in [1.807, 2.05) is 6.92 Å². The van der Waals surface area contributed by atoms with Crippen molar-refractivity contribution in [3.8, 4) is 0 Å². The van der Waals surface area contributed by atoms with E-state index in [0.29, 0.717) is 19.6 Å². The van der Waals surface area contributed by atoms with E-state index < -0.39 is 16.6 Å². The Balaban J connectivity index is 0.00000200. The van der Waals surface area contributed by atoms with Crippen LogP contribution in [0.1, 0.15) is 17.3 Å². The van der Waals surface area contributed by atoms with Crippen LogP contribution in [0.15, 0.2) is 18.2 Å². The van der Waals surface area contributed by atoms with Gasteiger partial charge in [-0.2, -0.15) is 0 Å². The molecule has 1 aromatic carbocycles. The molecule has 0 aromatic heterocycles. The van der Waals surface area contributed by atoms with Gasteiger partial charge in [0.05, 0.1) is 4.92 Å². The zero-order chi connectivity index (χ0) is 14.0. The number of rotatable bonds is 2. The topological polar surface area (TPSA) is 75.5 Å². The summed E-state index contributed by atoms with van der Waals surface area (Å²) in [4.78, 5) is 24.0. The van der Waals surface area contributed by atoms with Crippen LogP contribution in [0, 0.1) is 15.9 Å². The Morgan fingerprint density at radius 2 is 2.25 bits per heavy atom. The number of carbonyl (C=O) groups is 1. The number of nitro groups is 1. The summed E-state index contributed by atoms with van der Waals surface area (Å²) in [5.41, 5.74) is -0.559. The molecule has 1 amide bonds. The summed E-state index contributed by atoms with van der Waals surface area (Å²) >= 11 is 0. The molecule has 8 heteroatoms. The summed E-state index contributed by atoms with van der Waals surface area (Å²) in [5, 5.41) is 14.0. The van der Waals surface area contributed by atoms with E-state index >= 15 is 0 Å². The average molecular weight is 304 g/mol. The van der Waals surface area contributed by atoms with Crippen molar-refractivity contribution in [2.75, 3.05) is 19.6 Å². The molecule has 0 saturated carbocycles. The zero-order valence-electron chi connectivity index (χ0n) is 10.8. The molecular weight excluding hydrogens is 289 g/mol. The van der Waals surface area contributed by atoms with E-state index in [1.54, 1.807) is 0 Å². The van der Waals surface area contributed by atoms with E-state index in [9.17, 15) is 19.3 Å². The Morgan fingerprint density at radius 1 is 1.55 bits per heavy atom. The van der Waals surface area contributed by atoms with E-state index in [2.05, 4.69) is 5.32 Å². The largest absolute Gasteiger partial charge is 0.336 e. The van der Waals surface area contributed by atoms with Crippen LogP contribution >= 0.6 is 12.4 Å². The number of nitro benzene ring substituents is 1. The zero-order valence-corrected chi connectivity index (χ0v) is 11.7. The van der Waals surface area contributed by atoms with Crippen molar-refractivity contribution in [3.63, 3.8) is 0 Å². The fraction of sp³-hybridized carbons (Fsp3) is 0.417. The lowest BCUT2D eigenvalue weighted by Gasteiger charge is -2.31. The van der Waals surface area contributed by atoms with Crippen LogP contribution < -0.4 is 5.32 Å². The minimum atomic E-state index is -0.668. The molecule has 1 aliphatic rings. The first-order valence-electron chi connectivity index (χ1n) is 5.95. The van der Waals surface area contributed by atoms with E-state index in [0.717, 1.165) is 18.2 Å². The molecule has 6 nitrogen and oxygen atoms in total. The van der Waals surface area contributed by atoms with Crippen molar-refractivity contribution in [1.82, 2.24) is 10.2 Å². The fourth-order valence-corrected chi connectivity index (χ4v) is 2.13. The summed E-state index contributed by atoms with van der Waals surface area (Å²) in [5.74, 6) is -1.16. The highest BCUT2D eigenvalue weighted by atomic mass is 35.5. The van der Waals surface area contributed by atoms with Crippen LogP contribution in [0.3, 0.4) is 0 Å². The second-order valence-corrected chi connectivity index (χ2v) is 4.52. The Morgan fingerprint density at radius 3 is 2.85 bits per heavy atom. The first-order chi connectivity index (χ1) is 8.99. The molecule has 1 atom stereocenters. The third kappa shape index (κ3) is 3.43. The van der Waals surface area contributed by atoms with Gasteiger partial charge >= 0.3 is 0 Å². The summed E-state index contributed by atoms with van der Waals surface area (Å²) in [6.07, 6.45) is 0. The van der Waals surface area contributed by atoms with E-state index in [-0.39, 0.29) is 29.7 Å². The minimum Gasteiger partial charge on any atom is -0.336 e. The van der Waals surface area contributed by atoms with Crippen LogP contribution in [0.4, 0.5) is 10.1 Å². The van der Waals surface area contributed by atoms with E-state index in [4.69, 9.17) is 0 Å². The monoisotopic (exact) mass is 303 g/mol. The summed E-state index contributed by atoms with van der Waals surface area (Å²) in [6.45, 7) is 3.44. The van der Waals surface area contributed by atoms with Gasteiger partial charge in [-0.05, 0) is 19.1 Å². The van der Waals surface area contributed by atoms with Crippen LogP contribution in [-0.2, 0) is 0 Å². The maximum absolute atomic E-state index is 13.2. The highest BCUT2D eigenvalue weighted by Gasteiger charge is 2.27. The van der Waals surface area contributed by atoms with Gasteiger partial charge < -0.3 is 10.2 Å². The van der Waals surface area contributed by atoms with Crippen LogP contribution in [-0.4, -0.2) is 41.4 Å². The molecule has 1 aromatic rings. The number of amides is 1. The lowest BCUT2D eigenvalue weighted by molar-refractivity contribution is -0.385. The molecule has 1 N–H and O–H groups in total. The SMILES string of the molecule is CC1CN(C(=O)c2cc(F)ccc2[N+](=O)[O-])CCN1.Cl. The molecule has 110 valence electrons. The number of hydrogen-bond acceptors (Lipinski definition) is 4. The molecule has 0 radical (unpaired) electrons. The number of benzene rings is 1. The smallest absolute Gasteiger partial charge is 0.282 e. The molecule has 1 fully saturated rings. The van der Waals surface area contributed by atoms with Crippen molar-refractivity contribution in [1.29, 1.82) is 0 Å². The lowest BCUT2D eigenvalue weighted by Crippen LogP contribution is -2.51. The first-order valence-corrected chi connectivity index (χ1v) is 5.95. The van der Waals surface area contributed by atoms with Crippen molar-refractivity contribution in [3.05, 3.63) is 39.7 Å². The molecule has 1 aliphatic heterocycles. The Bertz CT molecular complexity index is 527. The summed E-state index contributed by atoms with van der Waals surface area (Å²) in [6, 6.07) is 3.04. The Kier molecular flexibility index (Phi) is 5.41. The number of piperazine rings is 1. The third-order valence-electron chi connectivity index (χ3n) is 3.04. The maximum Gasteiger partial charge on any atom is 0.282 e. The predicted octanol–water partition coefficient (Wildman–Crippen LogP) is 1.59. The van der Waals surface area contributed by atoms with Crippen LogP contribution in [0.2, 0.25) is 0 Å². The van der Waals surface area contributed by atoms with Crippen LogP contribution in [0.5, 0.6) is 0 Å². The van der Waals surface area contributed by atoms with Crippen molar-refractivity contribution >= 4 is 24.0 Å². The third-order valence-corrected chi connectivity index (χ3v) is 3.04. The van der Waals surface area contributed by atoms with Gasteiger partial charge in [-0.15, -0.1) is 12.4 Å². The number of hydrogen-bond donors (Lipinski definition) is 1. The van der Waals surface area contributed by atoms with Gasteiger partial charge in [0, 0.05) is 31.7 Å².